The molecule has 2 aromatic heterocycles. The Labute approximate surface area is 104 Å². The molecule has 0 bridgehead atoms. The van der Waals surface area contributed by atoms with Gasteiger partial charge in [0.1, 0.15) is 18.4 Å². The molecule has 2 heterocycles. The first kappa shape index (κ1) is 12.3. The fourth-order valence-electron chi connectivity index (χ4n) is 1.43. The van der Waals surface area contributed by atoms with E-state index in [1.807, 2.05) is 6.07 Å². The van der Waals surface area contributed by atoms with Crippen LogP contribution in [0.2, 0.25) is 0 Å². The van der Waals surface area contributed by atoms with Gasteiger partial charge in [0.05, 0.1) is 24.9 Å². The van der Waals surface area contributed by atoms with E-state index in [1.54, 1.807) is 12.3 Å². The van der Waals surface area contributed by atoms with Crippen molar-refractivity contribution in [2.75, 3.05) is 7.11 Å². The lowest BCUT2D eigenvalue weighted by Crippen LogP contribution is -2.13. The molecule has 2 rings (SSSR count). The Hall–Kier alpha value is -2.21. The molecule has 0 saturated carbocycles. The molecule has 0 atom stereocenters. The average Bonchev–Trinajstić information content (AvgIpc) is 2.88. The van der Waals surface area contributed by atoms with Crippen LogP contribution in [0, 0.1) is 0 Å². The summed E-state index contributed by atoms with van der Waals surface area (Å²) in [5, 5.41) is 3.15. The minimum absolute atomic E-state index is 0.402. The summed E-state index contributed by atoms with van der Waals surface area (Å²) in [5.41, 5.74) is 1.31. The highest BCUT2D eigenvalue weighted by Gasteiger charge is 2.09. The summed E-state index contributed by atoms with van der Waals surface area (Å²) in [6, 6.07) is 3.48. The molecule has 2 aromatic rings. The summed E-state index contributed by atoms with van der Waals surface area (Å²) in [5.74, 6) is 0.269. The molecule has 6 nitrogen and oxygen atoms in total. The largest absolute Gasteiger partial charge is 0.467 e. The lowest BCUT2D eigenvalue weighted by Gasteiger charge is -2.00. The second kappa shape index (κ2) is 5.92. The second-order valence-electron chi connectivity index (χ2n) is 3.60. The summed E-state index contributed by atoms with van der Waals surface area (Å²) >= 11 is 0. The van der Waals surface area contributed by atoms with Crippen molar-refractivity contribution in [3.63, 3.8) is 0 Å². The molecule has 18 heavy (non-hydrogen) atoms. The molecule has 0 fully saturated rings. The fourth-order valence-corrected chi connectivity index (χ4v) is 1.43. The maximum absolute atomic E-state index is 11.2. The quantitative estimate of drug-likeness (QED) is 0.798. The molecular weight excluding hydrogens is 234 g/mol. The number of nitrogens with zero attached hydrogens (tertiary/aromatic N) is 2. The van der Waals surface area contributed by atoms with Crippen molar-refractivity contribution in [3.05, 3.63) is 47.9 Å². The predicted octanol–water partition coefficient (Wildman–Crippen LogP) is 1.15. The van der Waals surface area contributed by atoms with Crippen LogP contribution in [0.1, 0.15) is 21.8 Å². The van der Waals surface area contributed by atoms with E-state index in [9.17, 15) is 4.79 Å². The second-order valence-corrected chi connectivity index (χ2v) is 3.60. The van der Waals surface area contributed by atoms with Crippen molar-refractivity contribution in [1.82, 2.24) is 15.3 Å². The van der Waals surface area contributed by atoms with Crippen LogP contribution in [0.25, 0.3) is 0 Å². The van der Waals surface area contributed by atoms with E-state index in [2.05, 4.69) is 20.0 Å². The van der Waals surface area contributed by atoms with Gasteiger partial charge in [-0.15, -0.1) is 0 Å². The lowest BCUT2D eigenvalue weighted by atomic mass is 10.3. The number of carbonyl (C=O) groups excluding carboxylic acids is 1. The number of nitrogens with one attached hydrogen (secondary N) is 1. The average molecular weight is 247 g/mol. The molecule has 0 spiro atoms. The van der Waals surface area contributed by atoms with Gasteiger partial charge in [0.25, 0.3) is 0 Å². The monoisotopic (exact) mass is 247 g/mol. The van der Waals surface area contributed by atoms with E-state index < -0.39 is 5.97 Å². The van der Waals surface area contributed by atoms with Crippen molar-refractivity contribution in [2.45, 2.75) is 13.1 Å². The van der Waals surface area contributed by atoms with Gasteiger partial charge in [-0.25, -0.2) is 14.8 Å². The standard InChI is InChI=1S/C12H13N3O3/c1-17-12(16)9-4-11(18-7-9)6-14-5-10-2-3-13-8-15-10/h2-4,7-8,14H,5-6H2,1H3. The summed E-state index contributed by atoms with van der Waals surface area (Å²) in [6.45, 7) is 1.12. The number of rotatable bonds is 5. The minimum atomic E-state index is -0.402. The number of ether oxygens (including phenoxy) is 1. The van der Waals surface area contributed by atoms with E-state index in [4.69, 9.17) is 4.42 Å². The molecule has 0 saturated heterocycles. The van der Waals surface area contributed by atoms with Crippen molar-refractivity contribution >= 4 is 5.97 Å². The molecule has 94 valence electrons. The molecular formula is C12H13N3O3. The lowest BCUT2D eigenvalue weighted by molar-refractivity contribution is 0.0600. The molecule has 0 radical (unpaired) electrons. The summed E-state index contributed by atoms with van der Waals surface area (Å²) in [6.07, 6.45) is 4.57. The van der Waals surface area contributed by atoms with Crippen LogP contribution in [0.15, 0.2) is 35.3 Å². The highest BCUT2D eigenvalue weighted by molar-refractivity contribution is 5.88. The summed E-state index contributed by atoms with van der Waals surface area (Å²) in [4.78, 5) is 19.1. The third kappa shape index (κ3) is 3.14. The van der Waals surface area contributed by atoms with Gasteiger partial charge in [0, 0.05) is 12.7 Å². The fraction of sp³-hybridized carbons (Fsp3) is 0.250. The first-order valence-corrected chi connectivity index (χ1v) is 5.41. The molecule has 0 aliphatic carbocycles. The number of hydrogen-bond donors (Lipinski definition) is 1. The zero-order valence-corrected chi connectivity index (χ0v) is 9.92. The molecule has 1 N–H and O–H groups in total. The zero-order chi connectivity index (χ0) is 12.8. The van der Waals surface area contributed by atoms with E-state index in [0.29, 0.717) is 24.4 Å². The van der Waals surface area contributed by atoms with Crippen LogP contribution in [0.4, 0.5) is 0 Å². The van der Waals surface area contributed by atoms with E-state index in [0.717, 1.165) is 5.69 Å². The Morgan fingerprint density at radius 1 is 1.50 bits per heavy atom. The van der Waals surface area contributed by atoms with E-state index in [-0.39, 0.29) is 0 Å². The smallest absolute Gasteiger partial charge is 0.341 e. The van der Waals surface area contributed by atoms with Crippen molar-refractivity contribution in [3.8, 4) is 0 Å². The number of aromatic nitrogens is 2. The predicted molar refractivity (Wildman–Crippen MR) is 62.6 cm³/mol. The van der Waals surface area contributed by atoms with Gasteiger partial charge < -0.3 is 14.5 Å². The van der Waals surface area contributed by atoms with Crippen LogP contribution in [-0.2, 0) is 17.8 Å². The maximum Gasteiger partial charge on any atom is 0.341 e. The van der Waals surface area contributed by atoms with E-state index in [1.165, 1.54) is 19.7 Å². The van der Waals surface area contributed by atoms with Crippen molar-refractivity contribution < 1.29 is 13.9 Å². The van der Waals surface area contributed by atoms with Crippen LogP contribution in [0.5, 0.6) is 0 Å². The van der Waals surface area contributed by atoms with Crippen LogP contribution in [-0.4, -0.2) is 23.0 Å². The zero-order valence-electron chi connectivity index (χ0n) is 9.92. The van der Waals surface area contributed by atoms with Gasteiger partial charge in [-0.2, -0.15) is 0 Å². The van der Waals surface area contributed by atoms with Crippen LogP contribution in [0.3, 0.4) is 0 Å². The van der Waals surface area contributed by atoms with Crippen molar-refractivity contribution in [1.29, 1.82) is 0 Å². The number of methoxy groups -OCH3 is 1. The number of furan rings is 1. The number of esters is 1. The Morgan fingerprint density at radius 3 is 3.11 bits per heavy atom. The first-order valence-electron chi connectivity index (χ1n) is 5.41. The third-order valence-corrected chi connectivity index (χ3v) is 2.32. The van der Waals surface area contributed by atoms with Gasteiger partial charge in [-0.3, -0.25) is 0 Å². The molecule has 0 aromatic carbocycles. The topological polar surface area (TPSA) is 77.2 Å². The molecule has 0 amide bonds. The van der Waals surface area contributed by atoms with Gasteiger partial charge in [-0.05, 0) is 12.1 Å². The Balaban J connectivity index is 1.84. The van der Waals surface area contributed by atoms with Crippen molar-refractivity contribution in [2.24, 2.45) is 0 Å². The van der Waals surface area contributed by atoms with E-state index >= 15 is 0 Å². The van der Waals surface area contributed by atoms with Crippen LogP contribution < -0.4 is 5.32 Å². The first-order chi connectivity index (χ1) is 8.79. The summed E-state index contributed by atoms with van der Waals surface area (Å²) in [7, 11) is 1.34. The van der Waals surface area contributed by atoms with Gasteiger partial charge >= 0.3 is 5.97 Å². The number of carbonyl (C=O) groups is 1. The normalized spacial score (nSPS) is 10.3. The molecule has 0 aliphatic rings. The van der Waals surface area contributed by atoms with Crippen LogP contribution >= 0.6 is 0 Å². The maximum atomic E-state index is 11.2. The molecule has 6 heteroatoms. The Bertz CT molecular complexity index is 510. The third-order valence-electron chi connectivity index (χ3n) is 2.32. The van der Waals surface area contributed by atoms with Gasteiger partial charge in [-0.1, -0.05) is 0 Å². The number of hydrogen-bond acceptors (Lipinski definition) is 6. The SMILES string of the molecule is COC(=O)c1coc(CNCc2ccncn2)c1. The van der Waals surface area contributed by atoms with Gasteiger partial charge in [0.15, 0.2) is 0 Å². The summed E-state index contributed by atoms with van der Waals surface area (Å²) < 4.78 is 9.82. The molecule has 0 aliphatic heterocycles. The Kier molecular flexibility index (Phi) is 4.03. The highest BCUT2D eigenvalue weighted by atomic mass is 16.5. The highest BCUT2D eigenvalue weighted by Crippen LogP contribution is 2.08. The minimum Gasteiger partial charge on any atom is -0.467 e. The molecule has 0 unspecified atom stereocenters. The Morgan fingerprint density at radius 2 is 2.39 bits per heavy atom. The van der Waals surface area contributed by atoms with Gasteiger partial charge in [0.2, 0.25) is 0 Å².